The predicted molar refractivity (Wildman–Crippen MR) is 84.7 cm³/mol. The lowest BCUT2D eigenvalue weighted by Crippen LogP contribution is -2.41. The molecule has 0 rings (SSSR count). The van der Waals surface area contributed by atoms with E-state index in [2.05, 4.69) is 0 Å². The summed E-state index contributed by atoms with van der Waals surface area (Å²) in [4.78, 5) is 0. The molecule has 0 aromatic heterocycles. The van der Waals surface area contributed by atoms with E-state index in [1.54, 1.807) is 0 Å². The second-order valence-electron chi connectivity index (χ2n) is 3.49. The second kappa shape index (κ2) is 13.4. The molecule has 0 N–H and O–H groups in total. The van der Waals surface area contributed by atoms with Crippen molar-refractivity contribution in [3.05, 3.63) is 0 Å². The number of halogens is 6. The standard InChI is InChI=1S/C9H15BCl6O3/c11-1-7(2-12)17-10(18-8(3-13)4-14)19-9(5-15)6-16/h7-9H,1-6H2. The van der Waals surface area contributed by atoms with Gasteiger partial charge in [0.2, 0.25) is 0 Å². The number of hydrogen-bond acceptors (Lipinski definition) is 3. The largest absolute Gasteiger partial charge is 0.640 e. The zero-order valence-corrected chi connectivity index (χ0v) is 14.6. The van der Waals surface area contributed by atoms with Gasteiger partial charge in [-0.15, -0.1) is 69.6 Å². The van der Waals surface area contributed by atoms with Crippen molar-refractivity contribution in [3.63, 3.8) is 0 Å². The van der Waals surface area contributed by atoms with Crippen molar-refractivity contribution in [1.82, 2.24) is 0 Å². The minimum Gasteiger partial charge on any atom is -0.381 e. The van der Waals surface area contributed by atoms with Crippen LogP contribution in [0.25, 0.3) is 0 Å². The van der Waals surface area contributed by atoms with Crippen LogP contribution in [-0.4, -0.2) is 60.9 Å². The van der Waals surface area contributed by atoms with Crippen molar-refractivity contribution in [3.8, 4) is 0 Å². The van der Waals surface area contributed by atoms with Gasteiger partial charge in [0, 0.05) is 35.3 Å². The van der Waals surface area contributed by atoms with Crippen LogP contribution in [0.15, 0.2) is 0 Å². The molecular formula is C9H15BCl6O3. The first-order chi connectivity index (χ1) is 9.14. The summed E-state index contributed by atoms with van der Waals surface area (Å²) in [6.07, 6.45) is -1.28. The van der Waals surface area contributed by atoms with Crippen LogP contribution >= 0.6 is 69.6 Å². The van der Waals surface area contributed by atoms with Crippen molar-refractivity contribution in [2.45, 2.75) is 18.3 Å². The third kappa shape index (κ3) is 9.33. The Hall–Kier alpha value is 1.68. The summed E-state index contributed by atoms with van der Waals surface area (Å²) >= 11 is 34.2. The van der Waals surface area contributed by atoms with E-state index in [0.717, 1.165) is 0 Å². The van der Waals surface area contributed by atoms with E-state index in [1.165, 1.54) is 0 Å². The van der Waals surface area contributed by atoms with Gasteiger partial charge in [-0.2, -0.15) is 0 Å². The molecule has 0 aromatic carbocycles. The lowest BCUT2D eigenvalue weighted by Gasteiger charge is -2.24. The average molecular weight is 395 g/mol. The van der Waals surface area contributed by atoms with Crippen LogP contribution in [0.3, 0.4) is 0 Å². The Morgan fingerprint density at radius 3 is 0.895 bits per heavy atom. The Balaban J connectivity index is 4.51. The molecule has 0 aliphatic heterocycles. The van der Waals surface area contributed by atoms with E-state index < -0.39 is 25.6 Å². The zero-order valence-electron chi connectivity index (χ0n) is 10.0. The Morgan fingerprint density at radius 2 is 0.737 bits per heavy atom. The summed E-state index contributed by atoms with van der Waals surface area (Å²) in [6.45, 7) is 0. The maximum atomic E-state index is 5.70. The first-order valence-corrected chi connectivity index (χ1v) is 8.67. The van der Waals surface area contributed by atoms with Gasteiger partial charge >= 0.3 is 7.32 Å². The highest BCUT2D eigenvalue weighted by molar-refractivity contribution is 6.37. The minimum atomic E-state index is -1.02. The maximum absolute atomic E-state index is 5.70. The SMILES string of the molecule is ClCC(CCl)OB(OC(CCl)CCl)OC(CCl)CCl. The van der Waals surface area contributed by atoms with Crippen molar-refractivity contribution in [1.29, 1.82) is 0 Å². The molecule has 0 saturated heterocycles. The molecule has 10 heteroatoms. The van der Waals surface area contributed by atoms with Gasteiger partial charge in [-0.3, -0.25) is 0 Å². The van der Waals surface area contributed by atoms with Crippen LogP contribution in [0, 0.1) is 0 Å². The molecule has 0 heterocycles. The van der Waals surface area contributed by atoms with E-state index in [9.17, 15) is 0 Å². The van der Waals surface area contributed by atoms with Gasteiger partial charge in [-0.25, -0.2) is 0 Å². The molecule has 0 aliphatic carbocycles. The van der Waals surface area contributed by atoms with Crippen molar-refractivity contribution < 1.29 is 14.0 Å². The highest BCUT2D eigenvalue weighted by Crippen LogP contribution is 2.11. The molecule has 0 saturated carbocycles. The fourth-order valence-corrected chi connectivity index (χ4v) is 2.34. The molecule has 0 radical (unpaired) electrons. The van der Waals surface area contributed by atoms with Gasteiger partial charge in [0.05, 0.1) is 18.3 Å². The minimum absolute atomic E-state index is 0.200. The molecule has 0 amide bonds. The Morgan fingerprint density at radius 1 is 0.526 bits per heavy atom. The first-order valence-electron chi connectivity index (χ1n) is 5.47. The van der Waals surface area contributed by atoms with Crippen LogP contribution in [0.5, 0.6) is 0 Å². The molecule has 3 nitrogen and oxygen atoms in total. The topological polar surface area (TPSA) is 27.7 Å². The lowest BCUT2D eigenvalue weighted by molar-refractivity contribution is 0.0380. The Labute approximate surface area is 144 Å². The summed E-state index contributed by atoms with van der Waals surface area (Å²) in [5.74, 6) is 1.20. The first kappa shape index (κ1) is 20.7. The van der Waals surface area contributed by atoms with Crippen molar-refractivity contribution in [2.75, 3.05) is 35.3 Å². The van der Waals surface area contributed by atoms with Crippen LogP contribution in [0.2, 0.25) is 0 Å². The second-order valence-corrected chi connectivity index (χ2v) is 5.34. The molecule has 0 aromatic rings. The van der Waals surface area contributed by atoms with Gasteiger partial charge in [-0.05, 0) is 0 Å². The Bertz CT molecular complexity index is 171. The molecule has 0 spiro atoms. The van der Waals surface area contributed by atoms with E-state index in [4.69, 9.17) is 83.6 Å². The number of hydrogen-bond donors (Lipinski definition) is 0. The molecule has 0 aliphatic rings. The molecule has 19 heavy (non-hydrogen) atoms. The summed E-state index contributed by atoms with van der Waals surface area (Å²) in [5, 5.41) is 0. The summed E-state index contributed by atoms with van der Waals surface area (Å²) in [7, 11) is -1.02. The van der Waals surface area contributed by atoms with Crippen molar-refractivity contribution in [2.24, 2.45) is 0 Å². The zero-order chi connectivity index (χ0) is 14.7. The van der Waals surface area contributed by atoms with Gasteiger partial charge in [0.1, 0.15) is 0 Å². The molecule has 0 atom stereocenters. The third-order valence-electron chi connectivity index (χ3n) is 1.94. The molecular weight excluding hydrogens is 380 g/mol. The summed E-state index contributed by atoms with van der Waals surface area (Å²) in [5.41, 5.74) is 0. The smallest absolute Gasteiger partial charge is 0.381 e. The summed E-state index contributed by atoms with van der Waals surface area (Å²) in [6, 6.07) is 0. The molecule has 0 fully saturated rings. The van der Waals surface area contributed by atoms with E-state index in [-0.39, 0.29) is 35.3 Å². The van der Waals surface area contributed by atoms with Crippen LogP contribution < -0.4 is 0 Å². The lowest BCUT2D eigenvalue weighted by atomic mass is 10.2. The van der Waals surface area contributed by atoms with Crippen LogP contribution in [0.1, 0.15) is 0 Å². The van der Waals surface area contributed by atoms with Gasteiger partial charge in [0.25, 0.3) is 0 Å². The molecule has 114 valence electrons. The van der Waals surface area contributed by atoms with E-state index in [1.807, 2.05) is 0 Å². The van der Waals surface area contributed by atoms with Crippen molar-refractivity contribution >= 4 is 76.9 Å². The fraction of sp³-hybridized carbons (Fsp3) is 1.00. The summed E-state index contributed by atoms with van der Waals surface area (Å²) < 4.78 is 16.4. The van der Waals surface area contributed by atoms with Crippen LogP contribution in [-0.2, 0) is 14.0 Å². The van der Waals surface area contributed by atoms with E-state index >= 15 is 0 Å². The third-order valence-corrected chi connectivity index (χ3v) is 4.01. The Kier molecular flexibility index (Phi) is 14.5. The average Bonchev–Trinajstić information content (AvgIpc) is 2.46. The molecule has 0 unspecified atom stereocenters. The monoisotopic (exact) mass is 392 g/mol. The number of alkyl halides is 6. The van der Waals surface area contributed by atoms with E-state index in [0.29, 0.717) is 0 Å². The van der Waals surface area contributed by atoms with Gasteiger partial charge in [0.15, 0.2) is 0 Å². The fourth-order valence-electron chi connectivity index (χ4n) is 0.910. The van der Waals surface area contributed by atoms with Crippen LogP contribution in [0.4, 0.5) is 0 Å². The van der Waals surface area contributed by atoms with Gasteiger partial charge < -0.3 is 14.0 Å². The quantitative estimate of drug-likeness (QED) is 0.374. The molecule has 0 bridgehead atoms. The normalized spacial score (nSPS) is 11.8. The highest BCUT2D eigenvalue weighted by Gasteiger charge is 2.31. The predicted octanol–water partition coefficient (Wildman–Crippen LogP) is 3.56. The van der Waals surface area contributed by atoms with Gasteiger partial charge in [-0.1, -0.05) is 0 Å². The number of rotatable bonds is 12. The highest BCUT2D eigenvalue weighted by atomic mass is 35.5. The maximum Gasteiger partial charge on any atom is 0.640 e.